The zero-order chi connectivity index (χ0) is 13.5. The van der Waals surface area contributed by atoms with E-state index in [1.54, 1.807) is 4.90 Å². The molecule has 18 heavy (non-hydrogen) atoms. The molecule has 1 heterocycles. The second-order valence-electron chi connectivity index (χ2n) is 5.16. The van der Waals surface area contributed by atoms with Gasteiger partial charge in [-0.3, -0.25) is 4.79 Å². The van der Waals surface area contributed by atoms with Crippen molar-refractivity contribution in [3.8, 4) is 0 Å². The summed E-state index contributed by atoms with van der Waals surface area (Å²) in [5.41, 5.74) is 0. The Kier molecular flexibility index (Phi) is 6.02. The van der Waals surface area contributed by atoms with Gasteiger partial charge < -0.3 is 9.80 Å². The summed E-state index contributed by atoms with van der Waals surface area (Å²) in [7, 11) is 5.93. The number of likely N-dealkylation sites (tertiary alicyclic amines) is 1. The number of nitrogens with zero attached hydrogens (tertiary/aromatic N) is 4. The average molecular weight is 252 g/mol. The highest BCUT2D eigenvalue weighted by molar-refractivity contribution is 5.81. The van der Waals surface area contributed by atoms with Gasteiger partial charge in [-0.2, -0.15) is 0 Å². The van der Waals surface area contributed by atoms with E-state index in [2.05, 4.69) is 20.9 Å². The van der Waals surface area contributed by atoms with E-state index in [1.807, 2.05) is 28.1 Å². The summed E-state index contributed by atoms with van der Waals surface area (Å²) >= 11 is 0. The molecule has 0 saturated carbocycles. The minimum Gasteiger partial charge on any atom is -0.345 e. The van der Waals surface area contributed by atoms with Crippen molar-refractivity contribution in [2.24, 2.45) is 15.9 Å². The van der Waals surface area contributed by atoms with Gasteiger partial charge in [0.15, 0.2) is 0 Å². The zero-order valence-corrected chi connectivity index (χ0v) is 11.9. The van der Waals surface area contributed by atoms with E-state index < -0.39 is 0 Å². The number of aliphatic imine (C=N–C) groups is 2. The SMILES string of the molecule is CC(N=C=NCCCN(C)C)C1CCN(C)C1=O. The molecule has 0 aromatic carbocycles. The van der Waals surface area contributed by atoms with Gasteiger partial charge in [-0.15, -0.1) is 0 Å². The molecule has 2 atom stereocenters. The van der Waals surface area contributed by atoms with Crippen molar-refractivity contribution in [2.75, 3.05) is 40.8 Å². The molecule has 0 radical (unpaired) electrons. The number of hydrogen-bond donors (Lipinski definition) is 0. The summed E-state index contributed by atoms with van der Waals surface area (Å²) in [4.78, 5) is 24.0. The summed E-state index contributed by atoms with van der Waals surface area (Å²) in [5, 5.41) is 0. The van der Waals surface area contributed by atoms with Crippen LogP contribution in [-0.2, 0) is 4.79 Å². The summed E-state index contributed by atoms with van der Waals surface area (Å²) in [6, 6.07) is 2.72. The van der Waals surface area contributed by atoms with E-state index in [0.29, 0.717) is 0 Å². The Morgan fingerprint density at radius 3 is 2.83 bits per heavy atom. The number of amides is 1. The lowest BCUT2D eigenvalue weighted by atomic mass is 10.0. The molecule has 1 rings (SSSR count). The van der Waals surface area contributed by atoms with Crippen molar-refractivity contribution in [3.05, 3.63) is 0 Å². The molecule has 2 unspecified atom stereocenters. The molecular formula is C13H24N4O. The molecule has 5 heteroatoms. The molecule has 1 aliphatic rings. The molecule has 0 spiro atoms. The van der Waals surface area contributed by atoms with Gasteiger partial charge in [-0.1, -0.05) is 0 Å². The topological polar surface area (TPSA) is 48.3 Å². The van der Waals surface area contributed by atoms with Gasteiger partial charge in [0.05, 0.1) is 24.5 Å². The third-order valence-electron chi connectivity index (χ3n) is 3.26. The summed E-state index contributed by atoms with van der Waals surface area (Å²) in [6.45, 7) is 4.56. The quantitative estimate of drug-likeness (QED) is 0.522. The van der Waals surface area contributed by atoms with Gasteiger partial charge in [0.25, 0.3) is 0 Å². The highest BCUT2D eigenvalue weighted by Gasteiger charge is 2.33. The molecule has 1 aliphatic heterocycles. The van der Waals surface area contributed by atoms with Crippen LogP contribution in [0.25, 0.3) is 0 Å². The monoisotopic (exact) mass is 252 g/mol. The highest BCUT2D eigenvalue weighted by atomic mass is 16.2. The maximum atomic E-state index is 11.8. The summed E-state index contributed by atoms with van der Waals surface area (Å²) in [5.74, 6) is 0.208. The fraction of sp³-hybridized carbons (Fsp3) is 0.846. The van der Waals surface area contributed by atoms with Gasteiger partial charge in [-0.25, -0.2) is 9.98 Å². The summed E-state index contributed by atoms with van der Waals surface area (Å²) in [6.07, 6.45) is 1.90. The molecule has 1 saturated heterocycles. The van der Waals surface area contributed by atoms with Gasteiger partial charge in [0.2, 0.25) is 5.91 Å². The largest absolute Gasteiger partial charge is 0.345 e. The molecule has 0 bridgehead atoms. The molecule has 1 fully saturated rings. The lowest BCUT2D eigenvalue weighted by Crippen LogP contribution is -2.27. The van der Waals surface area contributed by atoms with Gasteiger partial charge in [0.1, 0.15) is 0 Å². The van der Waals surface area contributed by atoms with Gasteiger partial charge >= 0.3 is 0 Å². The molecule has 0 N–H and O–H groups in total. The van der Waals surface area contributed by atoms with E-state index in [9.17, 15) is 4.79 Å². The maximum absolute atomic E-state index is 11.8. The van der Waals surface area contributed by atoms with Crippen LogP contribution in [-0.4, -0.2) is 68.5 Å². The Bertz CT molecular complexity index is 334. The second kappa shape index (κ2) is 7.29. The predicted molar refractivity (Wildman–Crippen MR) is 73.1 cm³/mol. The van der Waals surface area contributed by atoms with Crippen molar-refractivity contribution in [1.29, 1.82) is 0 Å². The van der Waals surface area contributed by atoms with E-state index in [4.69, 9.17) is 0 Å². The zero-order valence-electron chi connectivity index (χ0n) is 11.9. The van der Waals surface area contributed by atoms with Crippen LogP contribution in [0.5, 0.6) is 0 Å². The van der Waals surface area contributed by atoms with E-state index >= 15 is 0 Å². The van der Waals surface area contributed by atoms with E-state index in [0.717, 1.165) is 32.5 Å². The van der Waals surface area contributed by atoms with Gasteiger partial charge in [0, 0.05) is 13.6 Å². The first kappa shape index (κ1) is 14.9. The third-order valence-corrected chi connectivity index (χ3v) is 3.26. The Morgan fingerprint density at radius 1 is 1.56 bits per heavy atom. The fourth-order valence-electron chi connectivity index (χ4n) is 2.03. The fourth-order valence-corrected chi connectivity index (χ4v) is 2.03. The molecule has 5 nitrogen and oxygen atoms in total. The molecule has 0 aromatic heterocycles. The molecule has 102 valence electrons. The van der Waals surface area contributed by atoms with Crippen LogP contribution in [0, 0.1) is 5.92 Å². The molecule has 0 aromatic rings. The van der Waals surface area contributed by atoms with Crippen LogP contribution >= 0.6 is 0 Å². The Hall–Kier alpha value is -1.19. The van der Waals surface area contributed by atoms with Crippen LogP contribution in [0.3, 0.4) is 0 Å². The van der Waals surface area contributed by atoms with Crippen molar-refractivity contribution in [3.63, 3.8) is 0 Å². The first-order chi connectivity index (χ1) is 8.52. The summed E-state index contributed by atoms with van der Waals surface area (Å²) < 4.78 is 0. The lowest BCUT2D eigenvalue weighted by Gasteiger charge is -2.12. The van der Waals surface area contributed by atoms with Crippen LogP contribution in [0.15, 0.2) is 9.98 Å². The van der Waals surface area contributed by atoms with Crippen molar-refractivity contribution >= 4 is 11.9 Å². The normalized spacial score (nSPS) is 21.1. The number of carbonyl (C=O) groups excluding carboxylic acids is 1. The van der Waals surface area contributed by atoms with Crippen LogP contribution < -0.4 is 0 Å². The van der Waals surface area contributed by atoms with Crippen LogP contribution in [0.2, 0.25) is 0 Å². The standard InChI is InChI=1S/C13H24N4O/c1-11(12-6-9-17(4)13(12)18)15-10-14-7-5-8-16(2)3/h11-12H,5-9H2,1-4H3. The van der Waals surface area contributed by atoms with E-state index in [1.165, 1.54) is 0 Å². The maximum Gasteiger partial charge on any atom is 0.227 e. The molecule has 1 amide bonds. The van der Waals surface area contributed by atoms with Crippen molar-refractivity contribution in [2.45, 2.75) is 25.8 Å². The highest BCUT2D eigenvalue weighted by Crippen LogP contribution is 2.21. The Labute approximate surface area is 110 Å². The predicted octanol–water partition coefficient (Wildman–Crippen LogP) is 0.979. The minimum atomic E-state index is -0.0138. The molecular weight excluding hydrogens is 228 g/mol. The number of rotatable bonds is 6. The van der Waals surface area contributed by atoms with Gasteiger partial charge in [-0.05, 0) is 40.4 Å². The lowest BCUT2D eigenvalue weighted by molar-refractivity contribution is -0.130. The van der Waals surface area contributed by atoms with E-state index in [-0.39, 0.29) is 17.9 Å². The smallest absolute Gasteiger partial charge is 0.227 e. The first-order valence-electron chi connectivity index (χ1n) is 6.53. The number of hydrogen-bond acceptors (Lipinski definition) is 4. The van der Waals surface area contributed by atoms with Crippen LogP contribution in [0.1, 0.15) is 19.8 Å². The third kappa shape index (κ3) is 4.59. The van der Waals surface area contributed by atoms with Crippen molar-refractivity contribution in [1.82, 2.24) is 9.80 Å². The first-order valence-corrected chi connectivity index (χ1v) is 6.53. The average Bonchev–Trinajstić information content (AvgIpc) is 2.64. The van der Waals surface area contributed by atoms with Crippen LogP contribution in [0.4, 0.5) is 0 Å². The molecule has 0 aliphatic carbocycles. The Morgan fingerprint density at radius 2 is 2.28 bits per heavy atom. The van der Waals surface area contributed by atoms with Crippen molar-refractivity contribution < 1.29 is 4.79 Å². The minimum absolute atomic E-state index is 0.0134. The number of carbonyl (C=O) groups is 1. The second-order valence-corrected chi connectivity index (χ2v) is 5.16. The Balaban J connectivity index is 2.33.